The summed E-state index contributed by atoms with van der Waals surface area (Å²) in [5, 5.41) is 0. The molecule has 0 saturated heterocycles. The van der Waals surface area contributed by atoms with Crippen LogP contribution in [0.2, 0.25) is 0 Å². The fourth-order valence-electron chi connectivity index (χ4n) is 2.80. The molecule has 0 radical (unpaired) electrons. The first-order chi connectivity index (χ1) is 17.3. The second-order valence-corrected chi connectivity index (χ2v) is 7.57. The smallest absolute Gasteiger partial charge is 0.379 e. The lowest BCUT2D eigenvalue weighted by Crippen LogP contribution is -2.20. The standard InChI is InChI=1S/C26H42O9/c1-2-3-4-8-11-29-12-13-30-14-15-31-16-17-32-18-19-33-20-21-34-22-23-35-26(28)25(27)24-9-6-5-7-10-24/h5-7,9-10H,2-4,8,11-23H2,1H3. The summed E-state index contributed by atoms with van der Waals surface area (Å²) < 4.78 is 37.4. The van der Waals surface area contributed by atoms with E-state index in [-0.39, 0.29) is 13.2 Å². The van der Waals surface area contributed by atoms with Crippen LogP contribution in [0.3, 0.4) is 0 Å². The molecule has 0 saturated carbocycles. The average Bonchev–Trinajstić information content (AvgIpc) is 2.89. The van der Waals surface area contributed by atoms with E-state index < -0.39 is 11.8 Å². The van der Waals surface area contributed by atoms with Crippen LogP contribution in [-0.2, 0) is 38.0 Å². The molecule has 1 aromatic rings. The van der Waals surface area contributed by atoms with Gasteiger partial charge in [-0.2, -0.15) is 0 Å². The van der Waals surface area contributed by atoms with Crippen LogP contribution in [-0.4, -0.2) is 97.6 Å². The molecule has 0 aliphatic heterocycles. The lowest BCUT2D eigenvalue weighted by molar-refractivity contribution is -0.139. The lowest BCUT2D eigenvalue weighted by atomic mass is 10.1. The highest BCUT2D eigenvalue weighted by atomic mass is 16.6. The molecule has 9 heteroatoms. The molecule has 0 aliphatic carbocycles. The topological polar surface area (TPSA) is 98.8 Å². The highest BCUT2D eigenvalue weighted by Gasteiger charge is 2.16. The number of carbonyl (C=O) groups is 2. The summed E-state index contributed by atoms with van der Waals surface area (Å²) in [6.07, 6.45) is 4.86. The van der Waals surface area contributed by atoms with Crippen LogP contribution < -0.4 is 0 Å². The molecule has 1 rings (SSSR count). The first-order valence-electron chi connectivity index (χ1n) is 12.5. The van der Waals surface area contributed by atoms with E-state index in [1.165, 1.54) is 19.3 Å². The van der Waals surface area contributed by atoms with E-state index in [4.69, 9.17) is 33.2 Å². The molecule has 0 aliphatic rings. The van der Waals surface area contributed by atoms with Crippen molar-refractivity contribution in [3.05, 3.63) is 35.9 Å². The Morgan fingerprint density at radius 1 is 0.543 bits per heavy atom. The number of hydrogen-bond donors (Lipinski definition) is 0. The van der Waals surface area contributed by atoms with Crippen molar-refractivity contribution in [1.82, 2.24) is 0 Å². The summed E-state index contributed by atoms with van der Waals surface area (Å²) in [4.78, 5) is 23.5. The molecule has 0 N–H and O–H groups in total. The molecule has 35 heavy (non-hydrogen) atoms. The van der Waals surface area contributed by atoms with Crippen molar-refractivity contribution in [2.24, 2.45) is 0 Å². The van der Waals surface area contributed by atoms with E-state index in [0.29, 0.717) is 71.6 Å². The predicted octanol–water partition coefficient (Wildman–Crippen LogP) is 3.09. The van der Waals surface area contributed by atoms with Gasteiger partial charge in [-0.15, -0.1) is 0 Å². The number of ketones is 1. The average molecular weight is 499 g/mol. The Morgan fingerprint density at radius 2 is 0.971 bits per heavy atom. The minimum Gasteiger partial charge on any atom is -0.457 e. The second kappa shape index (κ2) is 23.8. The van der Waals surface area contributed by atoms with Crippen LogP contribution in [0.5, 0.6) is 0 Å². The Kier molecular flexibility index (Phi) is 21.2. The highest BCUT2D eigenvalue weighted by molar-refractivity contribution is 6.40. The minimum absolute atomic E-state index is 0.0124. The van der Waals surface area contributed by atoms with Crippen LogP contribution in [0.4, 0.5) is 0 Å². The van der Waals surface area contributed by atoms with Gasteiger partial charge in [0.2, 0.25) is 0 Å². The van der Waals surface area contributed by atoms with Gasteiger partial charge >= 0.3 is 5.97 Å². The van der Waals surface area contributed by atoms with Crippen LogP contribution in [0.25, 0.3) is 0 Å². The van der Waals surface area contributed by atoms with E-state index in [1.54, 1.807) is 30.3 Å². The zero-order valence-electron chi connectivity index (χ0n) is 21.1. The molecular weight excluding hydrogens is 456 g/mol. The largest absolute Gasteiger partial charge is 0.457 e. The van der Waals surface area contributed by atoms with Gasteiger partial charge in [0.1, 0.15) is 6.61 Å². The van der Waals surface area contributed by atoms with Gasteiger partial charge in [0.05, 0.1) is 72.7 Å². The van der Waals surface area contributed by atoms with E-state index >= 15 is 0 Å². The Morgan fingerprint density at radius 3 is 1.43 bits per heavy atom. The molecule has 9 nitrogen and oxygen atoms in total. The Balaban J connectivity index is 1.73. The van der Waals surface area contributed by atoms with Crippen molar-refractivity contribution in [3.63, 3.8) is 0 Å². The van der Waals surface area contributed by atoms with Gasteiger partial charge in [0, 0.05) is 12.2 Å². The zero-order valence-corrected chi connectivity index (χ0v) is 21.1. The predicted molar refractivity (Wildman–Crippen MR) is 131 cm³/mol. The van der Waals surface area contributed by atoms with Crippen molar-refractivity contribution in [2.45, 2.75) is 32.6 Å². The number of benzene rings is 1. The summed E-state index contributed by atoms with van der Waals surface area (Å²) in [7, 11) is 0. The molecule has 0 unspecified atom stereocenters. The monoisotopic (exact) mass is 498 g/mol. The summed E-state index contributed by atoms with van der Waals surface area (Å²) in [5.74, 6) is -1.55. The Hall–Kier alpha value is -1.88. The normalized spacial score (nSPS) is 11.0. The summed E-state index contributed by atoms with van der Waals surface area (Å²) in [6.45, 7) is 8.19. The number of carbonyl (C=O) groups excluding carboxylic acids is 2. The van der Waals surface area contributed by atoms with Crippen LogP contribution in [0, 0.1) is 0 Å². The van der Waals surface area contributed by atoms with Crippen LogP contribution >= 0.6 is 0 Å². The third-order valence-electron chi connectivity index (χ3n) is 4.68. The minimum atomic E-state index is -0.886. The van der Waals surface area contributed by atoms with Gasteiger partial charge in [-0.3, -0.25) is 4.79 Å². The van der Waals surface area contributed by atoms with Gasteiger partial charge < -0.3 is 33.2 Å². The van der Waals surface area contributed by atoms with Crippen molar-refractivity contribution in [3.8, 4) is 0 Å². The molecular formula is C26H42O9. The number of unbranched alkanes of at least 4 members (excludes halogenated alkanes) is 3. The fourth-order valence-corrected chi connectivity index (χ4v) is 2.80. The van der Waals surface area contributed by atoms with Crippen molar-refractivity contribution in [2.75, 3.05) is 85.9 Å². The molecule has 0 spiro atoms. The number of esters is 1. The van der Waals surface area contributed by atoms with Gasteiger partial charge in [0.25, 0.3) is 5.78 Å². The quantitative estimate of drug-likeness (QED) is 0.0871. The molecule has 0 heterocycles. The van der Waals surface area contributed by atoms with Crippen molar-refractivity contribution < 1.29 is 42.7 Å². The maximum atomic E-state index is 11.8. The zero-order chi connectivity index (χ0) is 25.2. The summed E-state index contributed by atoms with van der Waals surface area (Å²) >= 11 is 0. The van der Waals surface area contributed by atoms with Crippen LogP contribution in [0.15, 0.2) is 30.3 Å². The van der Waals surface area contributed by atoms with E-state index in [9.17, 15) is 9.59 Å². The van der Waals surface area contributed by atoms with Gasteiger partial charge in [-0.05, 0) is 6.42 Å². The number of ether oxygens (including phenoxy) is 7. The van der Waals surface area contributed by atoms with E-state index in [1.807, 2.05) is 0 Å². The maximum absolute atomic E-state index is 11.8. The fraction of sp³-hybridized carbons (Fsp3) is 0.692. The van der Waals surface area contributed by atoms with E-state index in [2.05, 4.69) is 6.92 Å². The molecule has 0 aromatic heterocycles. The molecule has 0 amide bonds. The molecule has 0 atom stereocenters. The lowest BCUT2D eigenvalue weighted by Gasteiger charge is -2.08. The number of hydrogen-bond acceptors (Lipinski definition) is 9. The van der Waals surface area contributed by atoms with E-state index in [0.717, 1.165) is 13.0 Å². The third kappa shape index (κ3) is 19.0. The molecule has 200 valence electrons. The first kappa shape index (κ1) is 31.2. The Labute approximate surface area is 209 Å². The number of Topliss-reactive ketones (excluding diaryl/α,β-unsaturated/α-hetero) is 1. The van der Waals surface area contributed by atoms with Gasteiger partial charge in [-0.1, -0.05) is 56.5 Å². The van der Waals surface area contributed by atoms with Crippen LogP contribution in [0.1, 0.15) is 43.0 Å². The third-order valence-corrected chi connectivity index (χ3v) is 4.68. The SMILES string of the molecule is CCCCCCOCCOCCOCCOCCOCCOCCOC(=O)C(=O)c1ccccc1. The summed E-state index contributed by atoms with van der Waals surface area (Å²) in [6, 6.07) is 8.28. The van der Waals surface area contributed by atoms with Crippen molar-refractivity contribution >= 4 is 11.8 Å². The summed E-state index contributed by atoms with van der Waals surface area (Å²) in [5.41, 5.74) is 0.305. The number of rotatable bonds is 25. The Bertz CT molecular complexity index is 625. The molecule has 0 bridgehead atoms. The van der Waals surface area contributed by atoms with Gasteiger partial charge in [-0.25, -0.2) is 4.79 Å². The maximum Gasteiger partial charge on any atom is 0.379 e. The second-order valence-electron chi connectivity index (χ2n) is 7.57. The molecule has 0 fully saturated rings. The highest BCUT2D eigenvalue weighted by Crippen LogP contribution is 2.01. The van der Waals surface area contributed by atoms with Gasteiger partial charge in [0.15, 0.2) is 0 Å². The first-order valence-corrected chi connectivity index (χ1v) is 12.5. The van der Waals surface area contributed by atoms with Crippen molar-refractivity contribution in [1.29, 1.82) is 0 Å². The molecule has 1 aromatic carbocycles.